The fourth-order valence-electron chi connectivity index (χ4n) is 5.47. The van der Waals surface area contributed by atoms with E-state index in [0.717, 1.165) is 55.1 Å². The molecule has 5 aromatic carbocycles. The second-order valence-corrected chi connectivity index (χ2v) is 11.8. The molecule has 0 bridgehead atoms. The monoisotopic (exact) mass is 609 g/mol. The lowest BCUT2D eigenvalue weighted by Crippen LogP contribution is -2.10. The summed E-state index contributed by atoms with van der Waals surface area (Å²) in [4.78, 5) is 2.31. The Morgan fingerprint density at radius 1 is 0.522 bits per heavy atom. The van der Waals surface area contributed by atoms with E-state index in [-0.39, 0.29) is 0 Å². The summed E-state index contributed by atoms with van der Waals surface area (Å²) >= 11 is 0. The SMILES string of the molecule is CCCOCc1ccc(N(c2ccc(C=C(c3ccc(C)cc3)c3ccc(CC)cc3)cc2)c2ccc(COCCC)cc2)cc1. The summed E-state index contributed by atoms with van der Waals surface area (Å²) in [5, 5.41) is 0. The Kier molecular flexibility index (Phi) is 12.0. The van der Waals surface area contributed by atoms with Gasteiger partial charge in [-0.2, -0.15) is 0 Å². The van der Waals surface area contributed by atoms with Crippen LogP contribution in [-0.2, 0) is 29.1 Å². The predicted octanol–water partition coefficient (Wildman–Crippen LogP) is 11.5. The molecule has 5 aromatic rings. The fourth-order valence-corrected chi connectivity index (χ4v) is 5.47. The molecule has 0 aliphatic carbocycles. The van der Waals surface area contributed by atoms with E-state index in [1.807, 2.05) is 0 Å². The van der Waals surface area contributed by atoms with E-state index in [2.05, 4.69) is 160 Å². The van der Waals surface area contributed by atoms with Crippen LogP contribution < -0.4 is 4.90 Å². The number of benzene rings is 5. The second kappa shape index (κ2) is 16.7. The lowest BCUT2D eigenvalue weighted by molar-refractivity contribution is 0.121. The first-order chi connectivity index (χ1) is 22.6. The molecule has 0 heterocycles. The van der Waals surface area contributed by atoms with Crippen molar-refractivity contribution >= 4 is 28.7 Å². The zero-order valence-electron chi connectivity index (χ0n) is 27.8. The minimum atomic E-state index is 0.631. The number of ether oxygens (including phenoxy) is 2. The van der Waals surface area contributed by atoms with E-state index in [1.165, 1.54) is 39.0 Å². The van der Waals surface area contributed by atoms with E-state index in [9.17, 15) is 0 Å². The topological polar surface area (TPSA) is 21.7 Å². The van der Waals surface area contributed by atoms with Crippen molar-refractivity contribution in [3.05, 3.63) is 160 Å². The summed E-state index contributed by atoms with van der Waals surface area (Å²) in [6, 6.07) is 44.1. The molecule has 0 aromatic heterocycles. The van der Waals surface area contributed by atoms with Crippen molar-refractivity contribution in [3.63, 3.8) is 0 Å². The Bertz CT molecular complexity index is 1600. The van der Waals surface area contributed by atoms with Gasteiger partial charge in [-0.25, -0.2) is 0 Å². The Morgan fingerprint density at radius 3 is 1.37 bits per heavy atom. The number of hydrogen-bond acceptors (Lipinski definition) is 3. The molecule has 0 saturated carbocycles. The van der Waals surface area contributed by atoms with E-state index in [4.69, 9.17) is 9.47 Å². The van der Waals surface area contributed by atoms with Gasteiger partial charge in [0.2, 0.25) is 0 Å². The van der Waals surface area contributed by atoms with Crippen molar-refractivity contribution in [1.82, 2.24) is 0 Å². The summed E-state index contributed by atoms with van der Waals surface area (Å²) in [7, 11) is 0. The van der Waals surface area contributed by atoms with Gasteiger partial charge in [-0.1, -0.05) is 111 Å². The summed E-state index contributed by atoms with van der Waals surface area (Å²) in [5.74, 6) is 0. The molecule has 0 saturated heterocycles. The molecule has 46 heavy (non-hydrogen) atoms. The molecular formula is C43H47NO2. The molecule has 0 fully saturated rings. The number of nitrogens with zero attached hydrogens (tertiary/aromatic N) is 1. The second-order valence-electron chi connectivity index (χ2n) is 11.8. The molecule has 0 N–H and O–H groups in total. The van der Waals surface area contributed by atoms with Crippen molar-refractivity contribution in [3.8, 4) is 0 Å². The van der Waals surface area contributed by atoms with Gasteiger partial charge in [0.25, 0.3) is 0 Å². The van der Waals surface area contributed by atoms with Crippen LogP contribution in [0.15, 0.2) is 121 Å². The van der Waals surface area contributed by atoms with Gasteiger partial charge in [-0.3, -0.25) is 0 Å². The Morgan fingerprint density at radius 2 is 0.935 bits per heavy atom. The molecule has 5 rings (SSSR count). The van der Waals surface area contributed by atoms with Gasteiger partial charge in [0.05, 0.1) is 13.2 Å². The molecule has 0 radical (unpaired) electrons. The molecule has 3 heteroatoms. The van der Waals surface area contributed by atoms with Gasteiger partial charge in [-0.05, 0) is 108 Å². The lowest BCUT2D eigenvalue weighted by Gasteiger charge is -2.26. The average Bonchev–Trinajstić information content (AvgIpc) is 3.10. The Balaban J connectivity index is 1.48. The molecule has 0 amide bonds. The van der Waals surface area contributed by atoms with Crippen LogP contribution in [0.4, 0.5) is 17.1 Å². The Labute approximate surface area is 276 Å². The highest BCUT2D eigenvalue weighted by atomic mass is 16.5. The smallest absolute Gasteiger partial charge is 0.0716 e. The first-order valence-electron chi connectivity index (χ1n) is 16.7. The van der Waals surface area contributed by atoms with Crippen molar-refractivity contribution < 1.29 is 9.47 Å². The van der Waals surface area contributed by atoms with Gasteiger partial charge < -0.3 is 14.4 Å². The van der Waals surface area contributed by atoms with Crippen LogP contribution in [0.25, 0.3) is 11.6 Å². The predicted molar refractivity (Wildman–Crippen MR) is 195 cm³/mol. The molecule has 0 unspecified atom stereocenters. The highest BCUT2D eigenvalue weighted by Crippen LogP contribution is 2.36. The molecule has 3 nitrogen and oxygen atoms in total. The largest absolute Gasteiger partial charge is 0.377 e. The summed E-state index contributed by atoms with van der Waals surface area (Å²) in [6.07, 6.45) is 5.38. The molecule has 0 atom stereocenters. The van der Waals surface area contributed by atoms with Crippen LogP contribution in [0, 0.1) is 6.92 Å². The number of rotatable bonds is 15. The minimum absolute atomic E-state index is 0.631. The summed E-state index contributed by atoms with van der Waals surface area (Å²) in [5.41, 5.74) is 13.1. The number of anilines is 3. The van der Waals surface area contributed by atoms with E-state index >= 15 is 0 Å². The van der Waals surface area contributed by atoms with Crippen LogP contribution >= 0.6 is 0 Å². The third-order valence-electron chi connectivity index (χ3n) is 8.12. The average molecular weight is 610 g/mol. The van der Waals surface area contributed by atoms with E-state index in [0.29, 0.717) is 13.2 Å². The lowest BCUT2D eigenvalue weighted by atomic mass is 9.94. The molecule has 0 aliphatic heterocycles. The normalized spacial score (nSPS) is 11.5. The standard InChI is InChI=1S/C43H47NO2/c1-5-28-45-31-36-14-24-41(25-15-36)44(42-26-16-37(17-27-42)32-46-29-6-2)40-22-12-35(13-23-40)30-43(38-18-8-33(4)9-19-38)39-20-10-34(7-3)11-21-39/h8-27,30H,5-7,28-29,31-32H2,1-4H3. The van der Waals surface area contributed by atoms with Crippen molar-refractivity contribution in [2.24, 2.45) is 0 Å². The van der Waals surface area contributed by atoms with Crippen LogP contribution in [0.1, 0.15) is 72.6 Å². The highest BCUT2D eigenvalue weighted by Gasteiger charge is 2.14. The van der Waals surface area contributed by atoms with Gasteiger partial charge in [0.15, 0.2) is 0 Å². The van der Waals surface area contributed by atoms with Crippen LogP contribution in [-0.4, -0.2) is 13.2 Å². The molecule has 0 spiro atoms. The maximum Gasteiger partial charge on any atom is 0.0716 e. The Hall–Kier alpha value is -4.44. The molecule has 0 aliphatic rings. The van der Waals surface area contributed by atoms with Gasteiger partial charge in [0, 0.05) is 30.3 Å². The maximum atomic E-state index is 5.79. The van der Waals surface area contributed by atoms with E-state index < -0.39 is 0 Å². The fraction of sp³-hybridized carbons (Fsp3) is 0.256. The summed E-state index contributed by atoms with van der Waals surface area (Å²) in [6.45, 7) is 11.4. The number of hydrogen-bond donors (Lipinski definition) is 0. The van der Waals surface area contributed by atoms with Gasteiger partial charge in [-0.15, -0.1) is 0 Å². The van der Waals surface area contributed by atoms with Crippen molar-refractivity contribution in [2.75, 3.05) is 18.1 Å². The van der Waals surface area contributed by atoms with E-state index in [1.54, 1.807) is 0 Å². The number of aryl methyl sites for hydroxylation is 2. The molecular weight excluding hydrogens is 562 g/mol. The van der Waals surface area contributed by atoms with Crippen LogP contribution in [0.5, 0.6) is 0 Å². The van der Waals surface area contributed by atoms with Crippen LogP contribution in [0.3, 0.4) is 0 Å². The maximum absolute atomic E-state index is 5.79. The molecule has 236 valence electrons. The quantitative estimate of drug-likeness (QED) is 0.0870. The van der Waals surface area contributed by atoms with Gasteiger partial charge in [0.1, 0.15) is 0 Å². The van der Waals surface area contributed by atoms with Gasteiger partial charge >= 0.3 is 0 Å². The van der Waals surface area contributed by atoms with Crippen molar-refractivity contribution in [1.29, 1.82) is 0 Å². The first kappa shape index (κ1) is 32.9. The first-order valence-corrected chi connectivity index (χ1v) is 16.7. The third-order valence-corrected chi connectivity index (χ3v) is 8.12. The minimum Gasteiger partial charge on any atom is -0.377 e. The third kappa shape index (κ3) is 8.84. The zero-order chi connectivity index (χ0) is 32.1. The highest BCUT2D eigenvalue weighted by molar-refractivity contribution is 5.92. The summed E-state index contributed by atoms with van der Waals surface area (Å²) < 4.78 is 11.6. The van der Waals surface area contributed by atoms with Crippen molar-refractivity contribution in [2.45, 2.75) is 60.2 Å². The van der Waals surface area contributed by atoms with Crippen LogP contribution in [0.2, 0.25) is 0 Å². The zero-order valence-corrected chi connectivity index (χ0v) is 27.8.